The Morgan fingerprint density at radius 2 is 2.09 bits per heavy atom. The maximum Gasteiger partial charge on any atom is 0.191 e. The van der Waals surface area contributed by atoms with Crippen molar-refractivity contribution in [1.29, 1.82) is 0 Å². The number of halogens is 2. The molecule has 1 fully saturated rings. The maximum absolute atomic E-state index is 5.64. The van der Waals surface area contributed by atoms with Crippen molar-refractivity contribution in [2.24, 2.45) is 10.9 Å². The molecule has 2 N–H and O–H groups in total. The van der Waals surface area contributed by atoms with E-state index in [2.05, 4.69) is 38.5 Å². The molecule has 2 unspecified atom stereocenters. The highest BCUT2D eigenvalue weighted by Gasteiger charge is 2.33. The molecule has 0 bridgehead atoms. The van der Waals surface area contributed by atoms with Gasteiger partial charge in [-0.25, -0.2) is 0 Å². The van der Waals surface area contributed by atoms with E-state index in [4.69, 9.17) is 9.47 Å². The van der Waals surface area contributed by atoms with Gasteiger partial charge in [-0.3, -0.25) is 4.99 Å². The monoisotopic (exact) mass is 481 g/mol. The largest absolute Gasteiger partial charge is 0.486 e. The predicted molar refractivity (Wildman–Crippen MR) is 101 cm³/mol. The first-order chi connectivity index (χ1) is 10.2. The van der Waals surface area contributed by atoms with Gasteiger partial charge in [-0.05, 0) is 46.0 Å². The van der Waals surface area contributed by atoms with Crippen LogP contribution in [0.1, 0.15) is 18.9 Å². The fraction of sp³-hybridized carbons (Fsp3) is 0.533. The zero-order chi connectivity index (χ0) is 14.8. The number of benzene rings is 1. The van der Waals surface area contributed by atoms with Crippen LogP contribution in [0.15, 0.2) is 21.6 Å². The molecule has 2 atom stereocenters. The van der Waals surface area contributed by atoms with Crippen molar-refractivity contribution in [1.82, 2.24) is 10.6 Å². The van der Waals surface area contributed by atoms with Crippen LogP contribution < -0.4 is 20.1 Å². The Hall–Kier alpha value is -0.700. The second kappa shape index (κ2) is 7.72. The van der Waals surface area contributed by atoms with Crippen molar-refractivity contribution in [2.45, 2.75) is 25.9 Å². The van der Waals surface area contributed by atoms with E-state index in [0.29, 0.717) is 25.8 Å². The third kappa shape index (κ3) is 4.18. The standard InChI is InChI=1S/C15H20BrN3O2.HI/c1-9-5-12(9)19-15(17-2)18-8-10-6-11(16)14-13(7-10)20-3-4-21-14;/h6-7,9,12H,3-5,8H2,1-2H3,(H2,17,18,19);1H. The van der Waals surface area contributed by atoms with Crippen LogP contribution in [0.3, 0.4) is 0 Å². The number of hydrogen-bond donors (Lipinski definition) is 2. The van der Waals surface area contributed by atoms with Crippen molar-refractivity contribution in [3.8, 4) is 11.5 Å². The van der Waals surface area contributed by atoms with Crippen molar-refractivity contribution >= 4 is 45.9 Å². The van der Waals surface area contributed by atoms with Gasteiger partial charge >= 0.3 is 0 Å². The summed E-state index contributed by atoms with van der Waals surface area (Å²) in [6, 6.07) is 4.62. The molecule has 0 saturated heterocycles. The van der Waals surface area contributed by atoms with E-state index in [0.717, 1.165) is 33.4 Å². The van der Waals surface area contributed by atoms with Gasteiger partial charge in [0.2, 0.25) is 0 Å². The Kier molecular flexibility index (Phi) is 6.19. The Bertz CT molecular complexity index is 568. The average Bonchev–Trinajstić information content (AvgIpc) is 3.18. The lowest BCUT2D eigenvalue weighted by atomic mass is 10.2. The molecule has 122 valence electrons. The second-order valence-electron chi connectivity index (χ2n) is 5.49. The first-order valence-electron chi connectivity index (χ1n) is 7.22. The predicted octanol–water partition coefficient (Wildman–Crippen LogP) is 2.91. The van der Waals surface area contributed by atoms with Crippen LogP contribution in [0, 0.1) is 5.92 Å². The minimum atomic E-state index is 0. The lowest BCUT2D eigenvalue weighted by molar-refractivity contribution is 0.170. The van der Waals surface area contributed by atoms with Gasteiger partial charge < -0.3 is 20.1 Å². The zero-order valence-corrected chi connectivity index (χ0v) is 16.6. The highest BCUT2D eigenvalue weighted by Crippen LogP contribution is 2.38. The molecule has 7 heteroatoms. The SMILES string of the molecule is CN=C(NCc1cc(Br)c2c(c1)OCCO2)NC1CC1C.I. The summed E-state index contributed by atoms with van der Waals surface area (Å²) in [6.07, 6.45) is 1.22. The van der Waals surface area contributed by atoms with Crippen LogP contribution >= 0.6 is 39.9 Å². The fourth-order valence-corrected chi connectivity index (χ4v) is 2.95. The Morgan fingerprint density at radius 3 is 2.77 bits per heavy atom. The van der Waals surface area contributed by atoms with E-state index in [1.54, 1.807) is 7.05 Å². The Labute approximate surface area is 156 Å². The summed E-state index contributed by atoms with van der Waals surface area (Å²) in [5.41, 5.74) is 1.12. The molecule has 3 rings (SSSR count). The van der Waals surface area contributed by atoms with E-state index in [1.165, 1.54) is 6.42 Å². The van der Waals surface area contributed by atoms with Gasteiger partial charge in [0.25, 0.3) is 0 Å². The first-order valence-corrected chi connectivity index (χ1v) is 8.02. The molecule has 0 amide bonds. The summed E-state index contributed by atoms with van der Waals surface area (Å²) in [4.78, 5) is 4.25. The van der Waals surface area contributed by atoms with E-state index < -0.39 is 0 Å². The molecule has 1 aromatic rings. The minimum absolute atomic E-state index is 0. The zero-order valence-electron chi connectivity index (χ0n) is 12.7. The van der Waals surface area contributed by atoms with Gasteiger partial charge in [0.1, 0.15) is 13.2 Å². The molecule has 1 heterocycles. The Balaban J connectivity index is 0.00000176. The van der Waals surface area contributed by atoms with Crippen LogP contribution in [0.25, 0.3) is 0 Å². The molecular formula is C15H21BrIN3O2. The molecule has 1 aromatic carbocycles. The molecule has 0 spiro atoms. The van der Waals surface area contributed by atoms with E-state index >= 15 is 0 Å². The molecule has 5 nitrogen and oxygen atoms in total. The topological polar surface area (TPSA) is 54.9 Å². The van der Waals surface area contributed by atoms with Crippen molar-refractivity contribution in [3.63, 3.8) is 0 Å². The van der Waals surface area contributed by atoms with Gasteiger partial charge in [0.05, 0.1) is 4.47 Å². The summed E-state index contributed by atoms with van der Waals surface area (Å²) in [5.74, 6) is 3.17. The summed E-state index contributed by atoms with van der Waals surface area (Å²) in [6.45, 7) is 4.12. The van der Waals surface area contributed by atoms with Crippen molar-refractivity contribution in [2.75, 3.05) is 20.3 Å². The number of nitrogens with one attached hydrogen (secondary N) is 2. The molecule has 2 aliphatic rings. The van der Waals surface area contributed by atoms with Crippen molar-refractivity contribution in [3.05, 3.63) is 22.2 Å². The van der Waals surface area contributed by atoms with E-state index in [9.17, 15) is 0 Å². The van der Waals surface area contributed by atoms with Crippen LogP contribution in [-0.2, 0) is 6.54 Å². The first kappa shape index (κ1) is 17.7. The van der Waals surface area contributed by atoms with Gasteiger partial charge in [-0.1, -0.05) is 6.92 Å². The van der Waals surface area contributed by atoms with Crippen LogP contribution in [-0.4, -0.2) is 32.3 Å². The quantitative estimate of drug-likeness (QED) is 0.396. The number of nitrogens with zero attached hydrogens (tertiary/aromatic N) is 1. The lowest BCUT2D eigenvalue weighted by Crippen LogP contribution is -2.38. The number of guanidine groups is 1. The summed E-state index contributed by atoms with van der Waals surface area (Å²) in [5, 5.41) is 6.74. The molecule has 0 aromatic heterocycles. The second-order valence-corrected chi connectivity index (χ2v) is 6.35. The maximum atomic E-state index is 5.64. The van der Waals surface area contributed by atoms with Crippen LogP contribution in [0.4, 0.5) is 0 Å². The number of hydrogen-bond acceptors (Lipinski definition) is 3. The number of aliphatic imine (C=N–C) groups is 1. The molecule has 1 aliphatic heterocycles. The van der Waals surface area contributed by atoms with Gasteiger partial charge in [-0.2, -0.15) is 0 Å². The van der Waals surface area contributed by atoms with E-state index in [1.807, 2.05) is 12.1 Å². The lowest BCUT2D eigenvalue weighted by Gasteiger charge is -2.20. The summed E-state index contributed by atoms with van der Waals surface area (Å²) >= 11 is 3.54. The average molecular weight is 482 g/mol. The summed E-state index contributed by atoms with van der Waals surface area (Å²) in [7, 11) is 1.79. The highest BCUT2D eigenvalue weighted by molar-refractivity contribution is 14.0. The van der Waals surface area contributed by atoms with Crippen LogP contribution in [0.2, 0.25) is 0 Å². The minimum Gasteiger partial charge on any atom is -0.486 e. The van der Waals surface area contributed by atoms with E-state index in [-0.39, 0.29) is 24.0 Å². The molecule has 0 radical (unpaired) electrons. The van der Waals surface area contributed by atoms with Gasteiger partial charge in [0, 0.05) is 19.6 Å². The Morgan fingerprint density at radius 1 is 1.36 bits per heavy atom. The molecule has 1 saturated carbocycles. The van der Waals surface area contributed by atoms with Crippen molar-refractivity contribution < 1.29 is 9.47 Å². The van der Waals surface area contributed by atoms with Gasteiger partial charge in [-0.15, -0.1) is 24.0 Å². The highest BCUT2D eigenvalue weighted by atomic mass is 127. The molecular weight excluding hydrogens is 461 g/mol. The normalized spacial score (nSPS) is 22.6. The fourth-order valence-electron chi connectivity index (χ4n) is 2.35. The van der Waals surface area contributed by atoms with Gasteiger partial charge in [0.15, 0.2) is 17.5 Å². The number of rotatable bonds is 3. The third-order valence-electron chi connectivity index (χ3n) is 3.77. The molecule has 1 aliphatic carbocycles. The smallest absolute Gasteiger partial charge is 0.191 e. The van der Waals surface area contributed by atoms with Crippen LogP contribution in [0.5, 0.6) is 11.5 Å². The summed E-state index contributed by atoms with van der Waals surface area (Å²) < 4.78 is 12.2. The third-order valence-corrected chi connectivity index (χ3v) is 4.36. The number of fused-ring (bicyclic) bond motifs is 1. The molecule has 22 heavy (non-hydrogen) atoms. The number of ether oxygens (including phenoxy) is 2.